The summed E-state index contributed by atoms with van der Waals surface area (Å²) in [5.41, 5.74) is 2.42. The normalized spacial score (nSPS) is 15.8. The van der Waals surface area contributed by atoms with Crippen LogP contribution in [0, 0.1) is 0 Å². The number of nitrogens with zero attached hydrogens (tertiary/aromatic N) is 1. The summed E-state index contributed by atoms with van der Waals surface area (Å²) in [5, 5.41) is 2.84. The number of piperazine rings is 1. The van der Waals surface area contributed by atoms with E-state index in [1.165, 1.54) is 10.5 Å². The molecule has 2 aromatic carbocycles. The van der Waals surface area contributed by atoms with Crippen molar-refractivity contribution in [2.45, 2.75) is 12.6 Å². The highest BCUT2D eigenvalue weighted by molar-refractivity contribution is 6.30. The van der Waals surface area contributed by atoms with Crippen LogP contribution in [0.3, 0.4) is 0 Å². The molecule has 1 saturated heterocycles. The molecular weight excluding hydrogens is 398 g/mol. The number of hydrogen-bond donors (Lipinski definition) is 2. The Kier molecular flexibility index (Phi) is 6.84. The quantitative estimate of drug-likeness (QED) is 0.603. The molecule has 0 saturated carbocycles. The lowest BCUT2D eigenvalue weighted by Crippen LogP contribution is -3.13. The van der Waals surface area contributed by atoms with Gasteiger partial charge in [-0.25, -0.2) is 0 Å². The third-order valence-corrected chi connectivity index (χ3v) is 5.98. The van der Waals surface area contributed by atoms with E-state index >= 15 is 0 Å². The number of furan rings is 1. The molecule has 6 heteroatoms. The van der Waals surface area contributed by atoms with Crippen LogP contribution in [0.1, 0.15) is 22.9 Å². The van der Waals surface area contributed by atoms with Gasteiger partial charge >= 0.3 is 0 Å². The Morgan fingerprint density at radius 1 is 1.03 bits per heavy atom. The molecule has 3 N–H and O–H groups in total. The van der Waals surface area contributed by atoms with E-state index in [9.17, 15) is 4.79 Å². The molecule has 1 fully saturated rings. The Morgan fingerprint density at radius 2 is 1.77 bits per heavy atom. The van der Waals surface area contributed by atoms with Crippen molar-refractivity contribution in [3.8, 4) is 0 Å². The maximum Gasteiger partial charge on any atom is 0.278 e. The van der Waals surface area contributed by atoms with Crippen molar-refractivity contribution in [3.63, 3.8) is 0 Å². The van der Waals surface area contributed by atoms with Gasteiger partial charge in [0.2, 0.25) is 0 Å². The van der Waals surface area contributed by atoms with Gasteiger partial charge in [0.15, 0.2) is 18.3 Å². The first-order valence-electron chi connectivity index (χ1n) is 10.5. The fraction of sp³-hybridized carbons (Fsp3) is 0.292. The van der Waals surface area contributed by atoms with Gasteiger partial charge in [-0.3, -0.25) is 4.79 Å². The van der Waals surface area contributed by atoms with Gasteiger partial charge in [0.25, 0.3) is 5.91 Å². The largest absolute Gasteiger partial charge is 0.463 e. The predicted octanol–water partition coefficient (Wildman–Crippen LogP) is 1.51. The Hall–Kier alpha value is -2.60. The molecule has 1 atom stereocenters. The first-order chi connectivity index (χ1) is 14.7. The van der Waals surface area contributed by atoms with Crippen LogP contribution in [0.4, 0.5) is 0 Å². The summed E-state index contributed by atoms with van der Waals surface area (Å²) in [4.78, 5) is 16.3. The topological polar surface area (TPSA) is 54.5 Å². The molecular formula is C24H28ClN3O2+2. The van der Waals surface area contributed by atoms with Crippen molar-refractivity contribution in [2.75, 3.05) is 32.7 Å². The molecule has 156 valence electrons. The summed E-state index contributed by atoms with van der Waals surface area (Å²) in [6, 6.07) is 22.1. The Balaban J connectivity index is 1.29. The molecule has 0 unspecified atom stereocenters. The summed E-state index contributed by atoms with van der Waals surface area (Å²) in [5.74, 6) is 1.05. The van der Waals surface area contributed by atoms with Crippen molar-refractivity contribution < 1.29 is 19.4 Å². The Bertz CT molecular complexity index is 921. The summed E-state index contributed by atoms with van der Waals surface area (Å²) in [7, 11) is 0. The molecule has 0 aliphatic carbocycles. The number of nitrogens with one attached hydrogen (secondary N) is 1. The SMILES string of the molecule is O=C(C[NH2+][C@H](c1ccccc1)c1ccco1)N1CC[NH+](Cc2ccc(Cl)cc2)CC1. The highest BCUT2D eigenvalue weighted by Crippen LogP contribution is 2.18. The van der Waals surface area contributed by atoms with E-state index in [4.69, 9.17) is 16.0 Å². The summed E-state index contributed by atoms with van der Waals surface area (Å²) in [6.45, 7) is 4.91. The number of hydrogen-bond acceptors (Lipinski definition) is 2. The zero-order valence-electron chi connectivity index (χ0n) is 17.0. The second-order valence-electron chi connectivity index (χ2n) is 7.78. The van der Waals surface area contributed by atoms with Gasteiger partial charge in [0.05, 0.1) is 32.4 Å². The third-order valence-electron chi connectivity index (χ3n) is 5.73. The van der Waals surface area contributed by atoms with Crippen LogP contribution in [-0.4, -0.2) is 43.5 Å². The van der Waals surface area contributed by atoms with E-state index in [-0.39, 0.29) is 11.9 Å². The lowest BCUT2D eigenvalue weighted by molar-refractivity contribution is -0.917. The zero-order chi connectivity index (χ0) is 20.8. The number of rotatable bonds is 7. The monoisotopic (exact) mass is 425 g/mol. The lowest BCUT2D eigenvalue weighted by Gasteiger charge is -2.32. The fourth-order valence-corrected chi connectivity index (χ4v) is 4.16. The average Bonchev–Trinajstić information content (AvgIpc) is 3.31. The number of carbonyl (C=O) groups excluding carboxylic acids is 1. The first-order valence-corrected chi connectivity index (χ1v) is 10.8. The first kappa shape index (κ1) is 20.7. The van der Waals surface area contributed by atoms with Crippen LogP contribution >= 0.6 is 11.6 Å². The molecule has 3 aromatic rings. The van der Waals surface area contributed by atoms with Crippen LogP contribution in [-0.2, 0) is 11.3 Å². The number of carbonyl (C=O) groups is 1. The van der Waals surface area contributed by atoms with Crippen LogP contribution in [0.5, 0.6) is 0 Å². The maximum absolute atomic E-state index is 12.8. The van der Waals surface area contributed by atoms with Gasteiger partial charge < -0.3 is 19.5 Å². The molecule has 4 rings (SSSR count). The lowest BCUT2D eigenvalue weighted by atomic mass is 10.0. The van der Waals surface area contributed by atoms with Crippen LogP contribution in [0.25, 0.3) is 0 Å². The van der Waals surface area contributed by atoms with Crippen molar-refractivity contribution in [1.29, 1.82) is 0 Å². The van der Waals surface area contributed by atoms with Crippen molar-refractivity contribution in [2.24, 2.45) is 0 Å². The van der Waals surface area contributed by atoms with Crippen LogP contribution < -0.4 is 10.2 Å². The number of amides is 1. The minimum Gasteiger partial charge on any atom is -0.463 e. The van der Waals surface area contributed by atoms with E-state index in [0.29, 0.717) is 6.54 Å². The number of halogens is 1. The smallest absolute Gasteiger partial charge is 0.278 e. The van der Waals surface area contributed by atoms with Crippen molar-refractivity contribution in [3.05, 3.63) is 94.9 Å². The minimum atomic E-state index is -0.0121. The Labute approximate surface area is 182 Å². The second-order valence-corrected chi connectivity index (χ2v) is 8.21. The van der Waals surface area contributed by atoms with Crippen LogP contribution in [0.2, 0.25) is 5.02 Å². The highest BCUT2D eigenvalue weighted by atomic mass is 35.5. The summed E-state index contributed by atoms with van der Waals surface area (Å²) >= 11 is 5.97. The molecule has 1 aliphatic heterocycles. The molecule has 30 heavy (non-hydrogen) atoms. The van der Waals surface area contributed by atoms with Gasteiger partial charge in [0, 0.05) is 16.1 Å². The predicted molar refractivity (Wildman–Crippen MR) is 116 cm³/mol. The van der Waals surface area contributed by atoms with Crippen LogP contribution in [0.15, 0.2) is 77.4 Å². The van der Waals surface area contributed by atoms with E-state index in [1.54, 1.807) is 6.26 Å². The molecule has 1 aliphatic rings. The van der Waals surface area contributed by atoms with E-state index in [1.807, 2.05) is 47.4 Å². The highest BCUT2D eigenvalue weighted by Gasteiger charge is 2.27. The summed E-state index contributed by atoms with van der Waals surface area (Å²) in [6.07, 6.45) is 1.68. The van der Waals surface area contributed by atoms with E-state index in [0.717, 1.165) is 49.1 Å². The molecule has 1 aromatic heterocycles. The van der Waals surface area contributed by atoms with E-state index in [2.05, 4.69) is 29.6 Å². The zero-order valence-corrected chi connectivity index (χ0v) is 17.7. The Morgan fingerprint density at radius 3 is 2.43 bits per heavy atom. The number of nitrogens with two attached hydrogens (primary N) is 1. The molecule has 0 bridgehead atoms. The minimum absolute atomic E-state index is 0.0121. The molecule has 5 nitrogen and oxygen atoms in total. The van der Waals surface area contributed by atoms with E-state index < -0.39 is 0 Å². The van der Waals surface area contributed by atoms with Gasteiger partial charge in [-0.15, -0.1) is 0 Å². The average molecular weight is 426 g/mol. The molecule has 0 spiro atoms. The second kappa shape index (κ2) is 9.94. The molecule has 0 radical (unpaired) electrons. The standard InChI is InChI=1S/C24H26ClN3O2/c25-21-10-8-19(9-11-21)18-27-12-14-28(15-13-27)23(29)17-26-24(22-7-4-16-30-22)20-5-2-1-3-6-20/h1-11,16,24,26H,12-15,17-18H2/p+2/t24-/m1/s1. The van der Waals surface area contributed by atoms with Gasteiger partial charge in [0.1, 0.15) is 6.54 Å². The molecule has 2 heterocycles. The number of benzene rings is 2. The van der Waals surface area contributed by atoms with Gasteiger partial charge in [-0.2, -0.15) is 0 Å². The van der Waals surface area contributed by atoms with Crippen molar-refractivity contribution >= 4 is 17.5 Å². The fourth-order valence-electron chi connectivity index (χ4n) is 4.03. The third kappa shape index (κ3) is 5.30. The number of quaternary nitrogens is 2. The molecule has 1 amide bonds. The maximum atomic E-state index is 12.8. The van der Waals surface area contributed by atoms with Crippen molar-refractivity contribution in [1.82, 2.24) is 4.90 Å². The summed E-state index contributed by atoms with van der Waals surface area (Å²) < 4.78 is 5.64. The van der Waals surface area contributed by atoms with Gasteiger partial charge in [-0.1, -0.05) is 54.1 Å². The van der Waals surface area contributed by atoms with Gasteiger partial charge in [-0.05, 0) is 24.3 Å².